The zero-order valence-electron chi connectivity index (χ0n) is 10.3. The summed E-state index contributed by atoms with van der Waals surface area (Å²) in [6.07, 6.45) is 1.96. The van der Waals surface area contributed by atoms with Crippen molar-refractivity contribution in [1.29, 1.82) is 0 Å². The topological polar surface area (TPSA) is 69.4 Å². The van der Waals surface area contributed by atoms with Crippen LogP contribution in [0.25, 0.3) is 0 Å². The van der Waals surface area contributed by atoms with Crippen molar-refractivity contribution < 1.29 is 14.6 Å². The van der Waals surface area contributed by atoms with Gasteiger partial charge in [0, 0.05) is 20.3 Å². The lowest BCUT2D eigenvalue weighted by Crippen LogP contribution is -2.27. The Bertz CT molecular complexity index is 372. The number of ether oxygens (including phenoxy) is 2. The molecule has 0 spiro atoms. The normalized spacial score (nSPS) is 24.4. The van der Waals surface area contributed by atoms with Crippen LogP contribution in [-0.4, -0.2) is 40.2 Å². The molecule has 2 rings (SSSR count). The van der Waals surface area contributed by atoms with E-state index < -0.39 is 0 Å². The van der Waals surface area contributed by atoms with Crippen molar-refractivity contribution in [3.05, 3.63) is 11.6 Å². The molecule has 6 nitrogen and oxygen atoms in total. The lowest BCUT2D eigenvalue weighted by Gasteiger charge is -2.23. The van der Waals surface area contributed by atoms with Gasteiger partial charge in [-0.25, -0.2) is 0 Å². The SMILES string of the molecule is COCCn1c(CO)nnc1C1(C)CCCO1. The average Bonchev–Trinajstić information content (AvgIpc) is 2.93. The van der Waals surface area contributed by atoms with Crippen molar-refractivity contribution in [3.8, 4) is 0 Å². The van der Waals surface area contributed by atoms with Gasteiger partial charge in [-0.05, 0) is 19.8 Å². The van der Waals surface area contributed by atoms with E-state index in [0.717, 1.165) is 25.3 Å². The molecule has 96 valence electrons. The quantitative estimate of drug-likeness (QED) is 0.810. The van der Waals surface area contributed by atoms with Crippen LogP contribution in [0.2, 0.25) is 0 Å². The van der Waals surface area contributed by atoms with Gasteiger partial charge in [0.15, 0.2) is 11.6 Å². The van der Waals surface area contributed by atoms with E-state index >= 15 is 0 Å². The monoisotopic (exact) mass is 241 g/mol. The molecule has 2 heterocycles. The molecule has 1 N–H and O–H groups in total. The highest BCUT2D eigenvalue weighted by molar-refractivity contribution is 5.06. The maximum atomic E-state index is 9.25. The minimum atomic E-state index is -0.381. The molecule has 1 fully saturated rings. The zero-order chi connectivity index (χ0) is 12.3. The number of rotatable bonds is 5. The minimum Gasteiger partial charge on any atom is -0.388 e. The Balaban J connectivity index is 2.29. The van der Waals surface area contributed by atoms with Gasteiger partial charge in [-0.3, -0.25) is 0 Å². The third-order valence-electron chi connectivity index (χ3n) is 3.18. The first-order chi connectivity index (χ1) is 8.21. The summed E-state index contributed by atoms with van der Waals surface area (Å²) in [7, 11) is 1.65. The first-order valence-corrected chi connectivity index (χ1v) is 5.87. The van der Waals surface area contributed by atoms with E-state index in [4.69, 9.17) is 9.47 Å². The first kappa shape index (κ1) is 12.5. The molecule has 0 aromatic carbocycles. The van der Waals surface area contributed by atoms with Crippen LogP contribution < -0.4 is 0 Å². The van der Waals surface area contributed by atoms with Crippen LogP contribution >= 0.6 is 0 Å². The van der Waals surface area contributed by atoms with E-state index in [1.807, 2.05) is 11.5 Å². The Morgan fingerprint density at radius 3 is 2.94 bits per heavy atom. The number of hydrogen-bond donors (Lipinski definition) is 1. The highest BCUT2D eigenvalue weighted by Gasteiger charge is 2.37. The van der Waals surface area contributed by atoms with E-state index in [1.165, 1.54) is 0 Å². The fourth-order valence-corrected chi connectivity index (χ4v) is 2.22. The molecule has 0 amide bonds. The van der Waals surface area contributed by atoms with Gasteiger partial charge in [-0.15, -0.1) is 10.2 Å². The number of aromatic nitrogens is 3. The molecule has 1 unspecified atom stereocenters. The summed E-state index contributed by atoms with van der Waals surface area (Å²) in [5.41, 5.74) is -0.381. The third-order valence-corrected chi connectivity index (χ3v) is 3.18. The Kier molecular flexibility index (Phi) is 3.76. The summed E-state index contributed by atoms with van der Waals surface area (Å²) >= 11 is 0. The van der Waals surface area contributed by atoms with Gasteiger partial charge < -0.3 is 19.1 Å². The summed E-state index contributed by atoms with van der Waals surface area (Å²) in [4.78, 5) is 0. The maximum absolute atomic E-state index is 9.25. The Morgan fingerprint density at radius 1 is 1.53 bits per heavy atom. The van der Waals surface area contributed by atoms with Gasteiger partial charge in [-0.1, -0.05) is 0 Å². The molecule has 1 aromatic rings. The van der Waals surface area contributed by atoms with E-state index in [0.29, 0.717) is 19.0 Å². The second kappa shape index (κ2) is 5.12. The van der Waals surface area contributed by atoms with E-state index in [1.54, 1.807) is 7.11 Å². The van der Waals surface area contributed by atoms with E-state index in [-0.39, 0.29) is 12.2 Å². The van der Waals surface area contributed by atoms with Crippen LogP contribution in [0.1, 0.15) is 31.4 Å². The molecule has 1 aromatic heterocycles. The van der Waals surface area contributed by atoms with Gasteiger partial charge in [0.05, 0.1) is 6.61 Å². The molecule has 0 saturated carbocycles. The van der Waals surface area contributed by atoms with Crippen molar-refractivity contribution in [2.24, 2.45) is 0 Å². The van der Waals surface area contributed by atoms with Crippen LogP contribution in [-0.2, 0) is 28.2 Å². The number of nitrogens with zero attached hydrogens (tertiary/aromatic N) is 3. The second-order valence-corrected chi connectivity index (χ2v) is 4.43. The lowest BCUT2D eigenvalue weighted by atomic mass is 10.0. The Labute approximate surface area is 101 Å². The van der Waals surface area contributed by atoms with Gasteiger partial charge in [0.2, 0.25) is 0 Å². The summed E-state index contributed by atoms with van der Waals surface area (Å²) < 4.78 is 12.7. The Morgan fingerprint density at radius 2 is 2.35 bits per heavy atom. The second-order valence-electron chi connectivity index (χ2n) is 4.43. The van der Waals surface area contributed by atoms with Crippen molar-refractivity contribution >= 4 is 0 Å². The van der Waals surface area contributed by atoms with E-state index in [2.05, 4.69) is 10.2 Å². The third kappa shape index (κ3) is 2.34. The van der Waals surface area contributed by atoms with Crippen LogP contribution in [0.3, 0.4) is 0 Å². The molecule has 1 aliphatic heterocycles. The largest absolute Gasteiger partial charge is 0.388 e. The number of aliphatic hydroxyl groups is 1. The molecule has 0 aliphatic carbocycles. The van der Waals surface area contributed by atoms with E-state index in [9.17, 15) is 5.11 Å². The first-order valence-electron chi connectivity index (χ1n) is 5.87. The van der Waals surface area contributed by atoms with Crippen molar-refractivity contribution in [1.82, 2.24) is 14.8 Å². The fraction of sp³-hybridized carbons (Fsp3) is 0.818. The molecule has 17 heavy (non-hydrogen) atoms. The molecular weight excluding hydrogens is 222 g/mol. The molecular formula is C11H19N3O3. The molecule has 6 heteroatoms. The average molecular weight is 241 g/mol. The predicted octanol–water partition coefficient (Wildman–Crippen LogP) is 0.442. The van der Waals surface area contributed by atoms with Crippen LogP contribution in [0.5, 0.6) is 0 Å². The highest BCUT2D eigenvalue weighted by Crippen LogP contribution is 2.34. The van der Waals surface area contributed by atoms with Crippen LogP contribution in [0.15, 0.2) is 0 Å². The van der Waals surface area contributed by atoms with Crippen molar-refractivity contribution in [3.63, 3.8) is 0 Å². The van der Waals surface area contributed by atoms with Gasteiger partial charge in [0.25, 0.3) is 0 Å². The summed E-state index contributed by atoms with van der Waals surface area (Å²) in [6, 6.07) is 0. The van der Waals surface area contributed by atoms with Gasteiger partial charge in [-0.2, -0.15) is 0 Å². The summed E-state index contributed by atoms with van der Waals surface area (Å²) in [5, 5.41) is 17.4. The Hall–Kier alpha value is -0.980. The maximum Gasteiger partial charge on any atom is 0.165 e. The minimum absolute atomic E-state index is 0.118. The summed E-state index contributed by atoms with van der Waals surface area (Å²) in [6.45, 7) is 3.85. The fourth-order valence-electron chi connectivity index (χ4n) is 2.22. The van der Waals surface area contributed by atoms with Crippen molar-refractivity contribution in [2.45, 2.75) is 38.5 Å². The molecule has 1 aliphatic rings. The predicted molar refractivity (Wildman–Crippen MR) is 60.4 cm³/mol. The highest BCUT2D eigenvalue weighted by atomic mass is 16.5. The number of hydrogen-bond acceptors (Lipinski definition) is 5. The van der Waals surface area contributed by atoms with Gasteiger partial charge in [0.1, 0.15) is 12.2 Å². The molecule has 1 atom stereocenters. The van der Waals surface area contributed by atoms with Crippen LogP contribution in [0.4, 0.5) is 0 Å². The standard InChI is InChI=1S/C11H19N3O3/c1-11(4-3-6-17-11)10-13-12-9(8-15)14(10)5-7-16-2/h15H,3-8H2,1-2H3. The van der Waals surface area contributed by atoms with Crippen LogP contribution in [0, 0.1) is 0 Å². The summed E-state index contributed by atoms with van der Waals surface area (Å²) in [5.74, 6) is 1.35. The van der Waals surface area contributed by atoms with Gasteiger partial charge >= 0.3 is 0 Å². The number of aliphatic hydroxyl groups excluding tert-OH is 1. The lowest BCUT2D eigenvalue weighted by molar-refractivity contribution is 0.00508. The zero-order valence-corrected chi connectivity index (χ0v) is 10.3. The molecule has 1 saturated heterocycles. The smallest absolute Gasteiger partial charge is 0.165 e. The molecule has 0 bridgehead atoms. The number of methoxy groups -OCH3 is 1. The molecule has 0 radical (unpaired) electrons. The van der Waals surface area contributed by atoms with Crippen molar-refractivity contribution in [2.75, 3.05) is 20.3 Å².